The maximum absolute atomic E-state index is 12.7. The van der Waals surface area contributed by atoms with Crippen molar-refractivity contribution in [3.63, 3.8) is 0 Å². The van der Waals surface area contributed by atoms with Crippen molar-refractivity contribution >= 4 is 5.91 Å². The summed E-state index contributed by atoms with van der Waals surface area (Å²) in [5.41, 5.74) is 0.513. The normalized spacial score (nSPS) is 25.6. The van der Waals surface area contributed by atoms with Gasteiger partial charge in [0.25, 0.3) is 0 Å². The molecule has 0 bridgehead atoms. The van der Waals surface area contributed by atoms with Crippen molar-refractivity contribution in [1.82, 2.24) is 9.80 Å². The Balaban J connectivity index is 1.83. The summed E-state index contributed by atoms with van der Waals surface area (Å²) >= 11 is 0. The quantitative estimate of drug-likeness (QED) is 0.881. The number of amides is 1. The number of aliphatic hydroxyl groups excluding tert-OH is 1. The van der Waals surface area contributed by atoms with E-state index in [1.165, 1.54) is 0 Å². The highest BCUT2D eigenvalue weighted by molar-refractivity contribution is 5.77. The van der Waals surface area contributed by atoms with Crippen molar-refractivity contribution < 1.29 is 23.1 Å². The van der Waals surface area contributed by atoms with E-state index in [0.29, 0.717) is 19.5 Å². The lowest BCUT2D eigenvalue weighted by Gasteiger charge is -2.71. The molecule has 7 heteroatoms. The van der Waals surface area contributed by atoms with Gasteiger partial charge in [-0.3, -0.25) is 9.69 Å². The fraction of sp³-hybridized carbons (Fsp3) is 0.611. The van der Waals surface area contributed by atoms with Crippen LogP contribution in [0.15, 0.2) is 30.3 Å². The van der Waals surface area contributed by atoms with Crippen molar-refractivity contribution in [2.24, 2.45) is 0 Å². The number of benzene rings is 1. The molecule has 2 aliphatic rings. The molecular formula is C18H23F3N2O2. The van der Waals surface area contributed by atoms with Gasteiger partial charge in [-0.15, -0.1) is 0 Å². The first kappa shape index (κ1) is 18.2. The van der Waals surface area contributed by atoms with Gasteiger partial charge >= 0.3 is 6.18 Å². The Morgan fingerprint density at radius 3 is 2.44 bits per heavy atom. The molecule has 2 atom stereocenters. The molecule has 25 heavy (non-hydrogen) atoms. The van der Waals surface area contributed by atoms with E-state index in [9.17, 15) is 23.1 Å². The molecule has 2 aliphatic heterocycles. The zero-order chi connectivity index (χ0) is 18.2. The molecule has 3 rings (SSSR count). The molecule has 1 amide bonds. The Morgan fingerprint density at radius 2 is 1.92 bits per heavy atom. The number of carbonyl (C=O) groups is 1. The van der Waals surface area contributed by atoms with Crippen molar-refractivity contribution in [2.45, 2.75) is 43.4 Å². The van der Waals surface area contributed by atoms with Crippen LogP contribution < -0.4 is 0 Å². The first-order valence-electron chi connectivity index (χ1n) is 8.59. The van der Waals surface area contributed by atoms with Crippen molar-refractivity contribution in [2.75, 3.05) is 26.2 Å². The van der Waals surface area contributed by atoms with E-state index >= 15 is 0 Å². The number of carbonyl (C=O) groups excluding carboxylic acids is 1. The third-order valence-corrected chi connectivity index (χ3v) is 5.50. The summed E-state index contributed by atoms with van der Waals surface area (Å²) in [6.45, 7) is 2.29. The molecule has 1 aromatic rings. The van der Waals surface area contributed by atoms with Crippen molar-refractivity contribution in [3.8, 4) is 0 Å². The van der Waals surface area contributed by atoms with E-state index in [1.54, 1.807) is 16.7 Å². The Hall–Kier alpha value is -1.60. The van der Waals surface area contributed by atoms with Gasteiger partial charge in [0.1, 0.15) is 0 Å². The molecule has 0 aliphatic carbocycles. The van der Waals surface area contributed by atoms with E-state index in [-0.39, 0.29) is 31.0 Å². The summed E-state index contributed by atoms with van der Waals surface area (Å²) in [6, 6.07) is 9.22. The zero-order valence-electron chi connectivity index (χ0n) is 14.2. The summed E-state index contributed by atoms with van der Waals surface area (Å²) < 4.78 is 38.1. The lowest BCUT2D eigenvalue weighted by atomic mass is 9.60. The van der Waals surface area contributed by atoms with Crippen molar-refractivity contribution in [1.29, 1.82) is 0 Å². The first-order valence-corrected chi connectivity index (χ1v) is 8.59. The van der Waals surface area contributed by atoms with Gasteiger partial charge in [0.2, 0.25) is 5.91 Å². The molecular weight excluding hydrogens is 333 g/mol. The van der Waals surface area contributed by atoms with Crippen LogP contribution in [0.3, 0.4) is 0 Å². The van der Waals surface area contributed by atoms with Crippen molar-refractivity contribution in [3.05, 3.63) is 35.9 Å². The van der Waals surface area contributed by atoms with Gasteiger partial charge in [-0.1, -0.05) is 37.3 Å². The molecule has 0 radical (unpaired) electrons. The highest BCUT2D eigenvalue weighted by atomic mass is 19.4. The molecule has 4 nitrogen and oxygen atoms in total. The van der Waals surface area contributed by atoms with E-state index in [2.05, 4.69) is 0 Å². The minimum Gasteiger partial charge on any atom is -0.395 e. The topological polar surface area (TPSA) is 43.8 Å². The molecule has 2 fully saturated rings. The number of aliphatic hydroxyl groups is 1. The number of likely N-dealkylation sites (tertiary alicyclic amines) is 2. The number of rotatable bonds is 5. The summed E-state index contributed by atoms with van der Waals surface area (Å²) in [5, 5.41) is 9.79. The molecule has 2 saturated heterocycles. The van der Waals surface area contributed by atoms with Crippen LogP contribution in [0.1, 0.15) is 31.2 Å². The van der Waals surface area contributed by atoms with Gasteiger partial charge in [0, 0.05) is 38.0 Å². The Morgan fingerprint density at radius 1 is 1.28 bits per heavy atom. The second-order valence-corrected chi connectivity index (χ2v) is 6.90. The van der Waals surface area contributed by atoms with Crippen LogP contribution in [0, 0.1) is 0 Å². The molecule has 0 aromatic heterocycles. The third kappa shape index (κ3) is 3.15. The van der Waals surface area contributed by atoms with Gasteiger partial charge in [-0.05, 0) is 5.56 Å². The van der Waals surface area contributed by atoms with Crippen LogP contribution in [0.25, 0.3) is 0 Å². The standard InChI is InChI=1S/C18H23F3N2O2/c1-2-15(25)22-11-17(12-22)16(13-6-4-3-5-7-13)14(10-24)23(17)9-8-18(19,20)21/h3-7,14,16,24H,2,8-12H2,1H3/t14-,16-/m1/s1. The zero-order valence-corrected chi connectivity index (χ0v) is 14.2. The molecule has 0 unspecified atom stereocenters. The summed E-state index contributed by atoms with van der Waals surface area (Å²) in [6.07, 6.45) is -4.76. The van der Waals surface area contributed by atoms with Gasteiger partial charge in [-0.2, -0.15) is 13.2 Å². The predicted octanol–water partition coefficient (Wildman–Crippen LogP) is 2.39. The number of hydrogen-bond acceptors (Lipinski definition) is 3. The minimum absolute atomic E-state index is 0.0145. The average molecular weight is 356 g/mol. The molecule has 1 N–H and O–H groups in total. The largest absolute Gasteiger partial charge is 0.395 e. The SMILES string of the molecule is CCC(=O)N1CC2(C1)[C@H](c1ccccc1)[C@@H](CO)N2CCC(F)(F)F. The van der Waals surface area contributed by atoms with Crippen LogP contribution in [0.2, 0.25) is 0 Å². The number of hydrogen-bond donors (Lipinski definition) is 1. The highest BCUT2D eigenvalue weighted by Gasteiger charge is 2.66. The molecule has 1 aromatic carbocycles. The highest BCUT2D eigenvalue weighted by Crippen LogP contribution is 2.54. The Labute approximate surface area is 145 Å². The maximum atomic E-state index is 12.7. The average Bonchev–Trinajstić information content (AvgIpc) is 2.52. The predicted molar refractivity (Wildman–Crippen MR) is 87.0 cm³/mol. The van der Waals surface area contributed by atoms with E-state index < -0.39 is 18.1 Å². The third-order valence-electron chi connectivity index (χ3n) is 5.50. The van der Waals surface area contributed by atoms with Gasteiger partial charge < -0.3 is 10.0 Å². The van der Waals surface area contributed by atoms with Gasteiger partial charge in [0.15, 0.2) is 0 Å². The lowest BCUT2D eigenvalue weighted by molar-refractivity contribution is -0.209. The molecule has 1 spiro atoms. The van der Waals surface area contributed by atoms with Crippen LogP contribution in [-0.4, -0.2) is 64.8 Å². The lowest BCUT2D eigenvalue weighted by Crippen LogP contribution is -2.85. The number of halogens is 3. The van der Waals surface area contributed by atoms with E-state index in [4.69, 9.17) is 0 Å². The monoisotopic (exact) mass is 356 g/mol. The van der Waals surface area contributed by atoms with Crippen LogP contribution >= 0.6 is 0 Å². The summed E-state index contributed by atoms with van der Waals surface area (Å²) in [5.74, 6) is -0.0477. The summed E-state index contributed by atoms with van der Waals surface area (Å²) in [4.78, 5) is 15.4. The number of alkyl halides is 3. The first-order chi connectivity index (χ1) is 11.8. The van der Waals surface area contributed by atoms with E-state index in [0.717, 1.165) is 5.56 Å². The smallest absolute Gasteiger partial charge is 0.390 e. The second-order valence-electron chi connectivity index (χ2n) is 6.90. The minimum atomic E-state index is -4.23. The molecule has 138 valence electrons. The fourth-order valence-corrected chi connectivity index (χ4v) is 4.39. The van der Waals surface area contributed by atoms with Gasteiger partial charge in [-0.25, -0.2) is 0 Å². The fourth-order valence-electron chi connectivity index (χ4n) is 4.39. The number of nitrogens with zero attached hydrogens (tertiary/aromatic N) is 2. The summed E-state index contributed by atoms with van der Waals surface area (Å²) in [7, 11) is 0. The Kier molecular flexibility index (Phi) is 4.81. The maximum Gasteiger partial charge on any atom is 0.390 e. The van der Waals surface area contributed by atoms with Crippen LogP contribution in [0.5, 0.6) is 0 Å². The van der Waals surface area contributed by atoms with Gasteiger partial charge in [0.05, 0.1) is 18.6 Å². The van der Waals surface area contributed by atoms with Crippen LogP contribution in [-0.2, 0) is 4.79 Å². The molecule has 2 heterocycles. The Bertz CT molecular complexity index is 614. The molecule has 0 saturated carbocycles. The van der Waals surface area contributed by atoms with E-state index in [1.807, 2.05) is 30.3 Å². The second kappa shape index (κ2) is 6.61. The van der Waals surface area contributed by atoms with Crippen LogP contribution in [0.4, 0.5) is 13.2 Å².